The maximum absolute atomic E-state index is 6.05. The van der Waals surface area contributed by atoms with Crippen molar-refractivity contribution >= 4 is 11.6 Å². The SMILES string of the molecule is C#Cc1cc(Cl)c2c(c1)CC(C)CO2. The summed E-state index contributed by atoms with van der Waals surface area (Å²) in [6.45, 7) is 2.89. The fourth-order valence-electron chi connectivity index (χ4n) is 1.71. The van der Waals surface area contributed by atoms with E-state index in [0.29, 0.717) is 10.9 Å². The first-order valence-corrected chi connectivity index (χ1v) is 5.00. The highest BCUT2D eigenvalue weighted by Gasteiger charge is 2.19. The highest BCUT2D eigenvalue weighted by Crippen LogP contribution is 2.35. The fourth-order valence-corrected chi connectivity index (χ4v) is 2.00. The van der Waals surface area contributed by atoms with E-state index in [2.05, 4.69) is 12.8 Å². The molecule has 0 aromatic heterocycles. The molecular formula is C12H11ClO. The number of ether oxygens (including phenoxy) is 1. The molecule has 0 aliphatic carbocycles. The molecule has 72 valence electrons. The molecule has 1 aliphatic rings. The van der Waals surface area contributed by atoms with Gasteiger partial charge in [-0.2, -0.15) is 0 Å². The second-order valence-electron chi connectivity index (χ2n) is 3.71. The molecule has 0 saturated heterocycles. The molecule has 2 heteroatoms. The predicted octanol–water partition coefficient (Wildman–Crippen LogP) is 2.89. The molecule has 2 rings (SSSR count). The van der Waals surface area contributed by atoms with E-state index in [-0.39, 0.29) is 0 Å². The average molecular weight is 207 g/mol. The van der Waals surface area contributed by atoms with Gasteiger partial charge in [-0.1, -0.05) is 24.4 Å². The minimum atomic E-state index is 0.534. The van der Waals surface area contributed by atoms with Crippen molar-refractivity contribution in [3.8, 4) is 18.1 Å². The first-order valence-electron chi connectivity index (χ1n) is 4.62. The largest absolute Gasteiger partial charge is 0.491 e. The molecule has 0 amide bonds. The van der Waals surface area contributed by atoms with Crippen LogP contribution in [-0.4, -0.2) is 6.61 Å². The van der Waals surface area contributed by atoms with Crippen LogP contribution in [0.2, 0.25) is 5.02 Å². The Hall–Kier alpha value is -1.13. The summed E-state index contributed by atoms with van der Waals surface area (Å²) >= 11 is 6.05. The maximum Gasteiger partial charge on any atom is 0.141 e. The summed E-state index contributed by atoms with van der Waals surface area (Å²) in [6.07, 6.45) is 6.33. The molecule has 0 fully saturated rings. The van der Waals surface area contributed by atoms with E-state index in [9.17, 15) is 0 Å². The summed E-state index contributed by atoms with van der Waals surface area (Å²) in [6, 6.07) is 3.76. The van der Waals surface area contributed by atoms with Gasteiger partial charge in [-0.15, -0.1) is 6.42 Å². The molecule has 1 heterocycles. The average Bonchev–Trinajstić information content (AvgIpc) is 2.16. The lowest BCUT2D eigenvalue weighted by Gasteiger charge is -2.23. The zero-order chi connectivity index (χ0) is 10.1. The summed E-state index contributed by atoms with van der Waals surface area (Å²) in [5.41, 5.74) is 1.95. The van der Waals surface area contributed by atoms with E-state index in [1.807, 2.05) is 6.07 Å². The summed E-state index contributed by atoms with van der Waals surface area (Å²) < 4.78 is 5.57. The molecule has 1 aromatic rings. The van der Waals surface area contributed by atoms with Crippen LogP contribution in [0.1, 0.15) is 18.1 Å². The number of benzene rings is 1. The Morgan fingerprint density at radius 1 is 1.57 bits per heavy atom. The van der Waals surface area contributed by atoms with E-state index in [0.717, 1.165) is 29.9 Å². The third-order valence-corrected chi connectivity index (χ3v) is 2.65. The normalized spacial score (nSPS) is 19.4. The lowest BCUT2D eigenvalue weighted by Crippen LogP contribution is -2.18. The van der Waals surface area contributed by atoms with Gasteiger partial charge in [-0.3, -0.25) is 0 Å². The van der Waals surface area contributed by atoms with Gasteiger partial charge in [0.05, 0.1) is 11.6 Å². The minimum absolute atomic E-state index is 0.534. The van der Waals surface area contributed by atoms with Crippen molar-refractivity contribution in [3.63, 3.8) is 0 Å². The van der Waals surface area contributed by atoms with Crippen LogP contribution in [0, 0.1) is 18.3 Å². The first-order chi connectivity index (χ1) is 6.70. The van der Waals surface area contributed by atoms with Gasteiger partial charge in [0.1, 0.15) is 5.75 Å². The van der Waals surface area contributed by atoms with Gasteiger partial charge in [0.2, 0.25) is 0 Å². The standard InChI is InChI=1S/C12H11ClO/c1-3-9-5-10-4-8(2)7-14-12(10)11(13)6-9/h1,5-6,8H,4,7H2,2H3. The molecule has 1 atom stereocenters. The van der Waals surface area contributed by atoms with Crippen molar-refractivity contribution in [3.05, 3.63) is 28.3 Å². The monoisotopic (exact) mass is 206 g/mol. The lowest BCUT2D eigenvalue weighted by atomic mass is 9.97. The van der Waals surface area contributed by atoms with Gasteiger partial charge in [0.15, 0.2) is 0 Å². The number of fused-ring (bicyclic) bond motifs is 1. The van der Waals surface area contributed by atoms with Gasteiger partial charge in [0, 0.05) is 5.56 Å². The predicted molar refractivity (Wildman–Crippen MR) is 57.8 cm³/mol. The Morgan fingerprint density at radius 3 is 3.07 bits per heavy atom. The molecule has 1 nitrogen and oxygen atoms in total. The van der Waals surface area contributed by atoms with Crippen molar-refractivity contribution in [1.82, 2.24) is 0 Å². The second kappa shape index (κ2) is 3.55. The number of hydrogen-bond acceptors (Lipinski definition) is 1. The Kier molecular flexibility index (Phi) is 2.39. The molecule has 0 N–H and O–H groups in total. The Bertz CT molecular complexity index is 404. The molecule has 0 saturated carbocycles. The summed E-state index contributed by atoms with van der Waals surface area (Å²) in [5, 5.41) is 0.627. The number of rotatable bonds is 0. The molecule has 0 spiro atoms. The van der Waals surface area contributed by atoms with Crippen molar-refractivity contribution in [2.75, 3.05) is 6.61 Å². The van der Waals surface area contributed by atoms with Crippen molar-refractivity contribution in [2.24, 2.45) is 5.92 Å². The van der Waals surface area contributed by atoms with Gasteiger partial charge in [-0.05, 0) is 30.0 Å². The Balaban J connectivity index is 2.50. The smallest absolute Gasteiger partial charge is 0.141 e. The number of hydrogen-bond donors (Lipinski definition) is 0. The van der Waals surface area contributed by atoms with Gasteiger partial charge in [-0.25, -0.2) is 0 Å². The summed E-state index contributed by atoms with van der Waals surface area (Å²) in [4.78, 5) is 0. The fraction of sp³-hybridized carbons (Fsp3) is 0.333. The van der Waals surface area contributed by atoms with Crippen LogP contribution < -0.4 is 4.74 Å². The topological polar surface area (TPSA) is 9.23 Å². The zero-order valence-electron chi connectivity index (χ0n) is 8.01. The van der Waals surface area contributed by atoms with E-state index in [1.54, 1.807) is 6.07 Å². The van der Waals surface area contributed by atoms with E-state index >= 15 is 0 Å². The van der Waals surface area contributed by atoms with Crippen LogP contribution in [0.25, 0.3) is 0 Å². The minimum Gasteiger partial charge on any atom is -0.491 e. The van der Waals surface area contributed by atoms with E-state index < -0.39 is 0 Å². The Morgan fingerprint density at radius 2 is 2.36 bits per heavy atom. The molecule has 0 radical (unpaired) electrons. The molecule has 1 aliphatic heterocycles. The van der Waals surface area contributed by atoms with Crippen LogP contribution in [0.15, 0.2) is 12.1 Å². The molecule has 14 heavy (non-hydrogen) atoms. The highest BCUT2D eigenvalue weighted by molar-refractivity contribution is 6.32. The molecular weight excluding hydrogens is 196 g/mol. The van der Waals surface area contributed by atoms with Crippen LogP contribution in [-0.2, 0) is 6.42 Å². The quantitative estimate of drug-likeness (QED) is 0.594. The molecule has 1 unspecified atom stereocenters. The van der Waals surface area contributed by atoms with Crippen molar-refractivity contribution in [1.29, 1.82) is 0 Å². The van der Waals surface area contributed by atoms with Gasteiger partial charge in [0.25, 0.3) is 0 Å². The van der Waals surface area contributed by atoms with Crippen molar-refractivity contribution < 1.29 is 4.74 Å². The lowest BCUT2D eigenvalue weighted by molar-refractivity contribution is 0.234. The van der Waals surface area contributed by atoms with Gasteiger partial charge >= 0.3 is 0 Å². The molecule has 1 aromatic carbocycles. The van der Waals surface area contributed by atoms with Crippen LogP contribution >= 0.6 is 11.6 Å². The van der Waals surface area contributed by atoms with Crippen LogP contribution in [0.4, 0.5) is 0 Å². The first kappa shape index (κ1) is 9.43. The van der Waals surface area contributed by atoms with E-state index in [4.69, 9.17) is 22.8 Å². The number of terminal acetylenes is 1. The van der Waals surface area contributed by atoms with Crippen LogP contribution in [0.5, 0.6) is 5.75 Å². The van der Waals surface area contributed by atoms with Crippen LogP contribution in [0.3, 0.4) is 0 Å². The third kappa shape index (κ3) is 1.58. The van der Waals surface area contributed by atoms with Gasteiger partial charge < -0.3 is 4.74 Å². The zero-order valence-corrected chi connectivity index (χ0v) is 8.77. The van der Waals surface area contributed by atoms with Crippen molar-refractivity contribution in [2.45, 2.75) is 13.3 Å². The highest BCUT2D eigenvalue weighted by atomic mass is 35.5. The summed E-state index contributed by atoms with van der Waals surface area (Å²) in [7, 11) is 0. The summed E-state index contributed by atoms with van der Waals surface area (Å²) in [5.74, 6) is 3.94. The Labute approximate surface area is 89.0 Å². The number of halogens is 1. The second-order valence-corrected chi connectivity index (χ2v) is 4.12. The molecule has 0 bridgehead atoms. The van der Waals surface area contributed by atoms with E-state index in [1.165, 1.54) is 0 Å². The maximum atomic E-state index is 6.05. The third-order valence-electron chi connectivity index (χ3n) is 2.37.